The average Bonchev–Trinajstić information content (AvgIpc) is 3.28. The van der Waals surface area contributed by atoms with E-state index in [4.69, 9.17) is 4.74 Å². The second kappa shape index (κ2) is 11.1. The summed E-state index contributed by atoms with van der Waals surface area (Å²) in [4.78, 5) is 18.2. The fourth-order valence-corrected chi connectivity index (χ4v) is 4.26. The monoisotopic (exact) mass is 470 g/mol. The van der Waals surface area contributed by atoms with E-state index >= 15 is 0 Å². The molecule has 0 aliphatic rings. The van der Waals surface area contributed by atoms with Gasteiger partial charge >= 0.3 is 0 Å². The van der Waals surface area contributed by atoms with Crippen LogP contribution in [0.25, 0.3) is 10.9 Å². The van der Waals surface area contributed by atoms with Gasteiger partial charge in [-0.15, -0.1) is 5.10 Å². The van der Waals surface area contributed by atoms with Gasteiger partial charge in [-0.25, -0.2) is 4.68 Å². The highest BCUT2D eigenvalue weighted by molar-refractivity contribution is 5.80. The topological polar surface area (TPSA) is 109 Å². The van der Waals surface area contributed by atoms with Gasteiger partial charge in [-0.3, -0.25) is 9.69 Å². The number of fused-ring (bicyclic) bond motifs is 1. The van der Waals surface area contributed by atoms with E-state index in [0.717, 1.165) is 28.9 Å². The van der Waals surface area contributed by atoms with Crippen molar-refractivity contribution in [2.24, 2.45) is 5.92 Å². The zero-order chi connectivity index (χ0) is 24.9. The number of tetrazole rings is 1. The SMILES string of the molecule is CCOc1ccc2[nH]c(=O)c(CN(CCCO)C(c3nnnn3C(C)(C)CC)C(C)C)cc2c1. The summed E-state index contributed by atoms with van der Waals surface area (Å²) in [5.74, 6) is 1.72. The van der Waals surface area contributed by atoms with Crippen molar-refractivity contribution < 1.29 is 9.84 Å². The second-order valence-electron chi connectivity index (χ2n) is 9.66. The zero-order valence-corrected chi connectivity index (χ0v) is 21.2. The largest absolute Gasteiger partial charge is 0.494 e. The van der Waals surface area contributed by atoms with Crippen molar-refractivity contribution >= 4 is 10.9 Å². The van der Waals surface area contributed by atoms with Crippen LogP contribution in [0.4, 0.5) is 0 Å². The van der Waals surface area contributed by atoms with Crippen molar-refractivity contribution in [2.75, 3.05) is 19.8 Å². The van der Waals surface area contributed by atoms with Crippen molar-refractivity contribution in [3.05, 3.63) is 46.0 Å². The Morgan fingerprint density at radius 3 is 2.65 bits per heavy atom. The highest BCUT2D eigenvalue weighted by Gasteiger charge is 2.33. The maximum Gasteiger partial charge on any atom is 0.252 e. The molecule has 1 unspecified atom stereocenters. The molecule has 0 fully saturated rings. The van der Waals surface area contributed by atoms with Gasteiger partial charge in [-0.1, -0.05) is 20.8 Å². The van der Waals surface area contributed by atoms with Crippen LogP contribution < -0.4 is 10.3 Å². The van der Waals surface area contributed by atoms with E-state index in [1.807, 2.05) is 35.9 Å². The molecule has 0 bridgehead atoms. The van der Waals surface area contributed by atoms with E-state index in [0.29, 0.717) is 31.7 Å². The third kappa shape index (κ3) is 5.64. The molecule has 34 heavy (non-hydrogen) atoms. The van der Waals surface area contributed by atoms with Gasteiger partial charge in [0.25, 0.3) is 5.56 Å². The maximum atomic E-state index is 13.0. The van der Waals surface area contributed by atoms with Gasteiger partial charge in [0, 0.05) is 36.2 Å². The Labute approximate surface area is 201 Å². The van der Waals surface area contributed by atoms with E-state index in [1.165, 1.54) is 0 Å². The lowest BCUT2D eigenvalue weighted by molar-refractivity contribution is 0.115. The molecule has 0 amide bonds. The van der Waals surface area contributed by atoms with Gasteiger partial charge in [0.2, 0.25) is 0 Å². The van der Waals surface area contributed by atoms with Gasteiger partial charge in [0.1, 0.15) is 5.75 Å². The minimum absolute atomic E-state index is 0.0680. The molecule has 1 atom stereocenters. The third-order valence-corrected chi connectivity index (χ3v) is 6.40. The molecule has 0 saturated carbocycles. The lowest BCUT2D eigenvalue weighted by atomic mass is 9.97. The molecule has 2 heterocycles. The van der Waals surface area contributed by atoms with Crippen LogP contribution in [-0.4, -0.2) is 55.0 Å². The van der Waals surface area contributed by atoms with Crippen LogP contribution >= 0.6 is 0 Å². The van der Waals surface area contributed by atoms with Gasteiger partial charge < -0.3 is 14.8 Å². The number of hydrogen-bond donors (Lipinski definition) is 2. The summed E-state index contributed by atoms with van der Waals surface area (Å²) in [5.41, 5.74) is 1.05. The smallest absolute Gasteiger partial charge is 0.252 e. The average molecular weight is 471 g/mol. The molecule has 0 aliphatic heterocycles. The summed E-state index contributed by atoms with van der Waals surface area (Å²) in [6.45, 7) is 14.2. The molecular weight excluding hydrogens is 432 g/mol. The van der Waals surface area contributed by atoms with E-state index < -0.39 is 0 Å². The van der Waals surface area contributed by atoms with Crippen LogP contribution in [0, 0.1) is 5.92 Å². The minimum atomic E-state index is -0.245. The number of ether oxygens (including phenoxy) is 1. The first-order valence-corrected chi connectivity index (χ1v) is 12.1. The van der Waals surface area contributed by atoms with Crippen molar-refractivity contribution in [3.8, 4) is 5.75 Å². The second-order valence-corrected chi connectivity index (χ2v) is 9.66. The number of aromatic nitrogens is 5. The fourth-order valence-electron chi connectivity index (χ4n) is 4.26. The first kappa shape index (κ1) is 25.8. The number of H-pyrrole nitrogens is 1. The number of hydrogen-bond acceptors (Lipinski definition) is 7. The molecular formula is C25H38N6O3. The molecule has 1 aromatic carbocycles. The molecule has 186 valence electrons. The maximum absolute atomic E-state index is 13.0. The first-order chi connectivity index (χ1) is 16.2. The number of aliphatic hydroxyl groups excluding tert-OH is 1. The highest BCUT2D eigenvalue weighted by atomic mass is 16.5. The fraction of sp³-hybridized carbons (Fsp3) is 0.600. The lowest BCUT2D eigenvalue weighted by Crippen LogP contribution is -2.39. The Bertz CT molecular complexity index is 1140. The Hall–Kier alpha value is -2.78. The quantitative estimate of drug-likeness (QED) is 0.416. The van der Waals surface area contributed by atoms with Crippen molar-refractivity contribution in [1.82, 2.24) is 30.1 Å². The highest BCUT2D eigenvalue weighted by Crippen LogP contribution is 2.32. The normalized spacial score (nSPS) is 13.2. The molecule has 2 aromatic heterocycles. The number of rotatable bonds is 12. The molecule has 0 saturated heterocycles. The summed E-state index contributed by atoms with van der Waals surface area (Å²) in [6.07, 6.45) is 1.46. The van der Waals surface area contributed by atoms with Gasteiger partial charge in [0.05, 0.1) is 18.2 Å². The summed E-state index contributed by atoms with van der Waals surface area (Å²) >= 11 is 0. The molecule has 0 aliphatic carbocycles. The van der Waals surface area contributed by atoms with Crippen LogP contribution in [0.3, 0.4) is 0 Å². The van der Waals surface area contributed by atoms with Crippen molar-refractivity contribution in [1.29, 1.82) is 0 Å². The molecule has 0 spiro atoms. The molecule has 3 rings (SSSR count). The number of nitrogens with zero attached hydrogens (tertiary/aromatic N) is 5. The summed E-state index contributed by atoms with van der Waals surface area (Å²) in [6, 6.07) is 7.48. The van der Waals surface area contributed by atoms with Crippen LogP contribution in [0.2, 0.25) is 0 Å². The summed E-state index contributed by atoms with van der Waals surface area (Å²) in [7, 11) is 0. The van der Waals surface area contributed by atoms with E-state index in [1.54, 1.807) is 0 Å². The first-order valence-electron chi connectivity index (χ1n) is 12.1. The van der Waals surface area contributed by atoms with Gasteiger partial charge in [0.15, 0.2) is 5.82 Å². The Morgan fingerprint density at radius 1 is 1.24 bits per heavy atom. The Kier molecular flexibility index (Phi) is 8.43. The van der Waals surface area contributed by atoms with Crippen LogP contribution in [0.15, 0.2) is 29.1 Å². The van der Waals surface area contributed by atoms with Crippen molar-refractivity contribution in [3.63, 3.8) is 0 Å². The van der Waals surface area contributed by atoms with Gasteiger partial charge in [-0.2, -0.15) is 0 Å². The Balaban J connectivity index is 2.04. The number of nitrogens with one attached hydrogen (secondary N) is 1. The Morgan fingerprint density at radius 2 is 2.00 bits per heavy atom. The van der Waals surface area contributed by atoms with E-state index in [9.17, 15) is 9.90 Å². The molecule has 2 N–H and O–H groups in total. The predicted octanol–water partition coefficient (Wildman–Crippen LogP) is 3.64. The summed E-state index contributed by atoms with van der Waals surface area (Å²) < 4.78 is 7.54. The number of benzene rings is 1. The molecule has 0 radical (unpaired) electrons. The van der Waals surface area contributed by atoms with Crippen LogP contribution in [-0.2, 0) is 12.1 Å². The van der Waals surface area contributed by atoms with E-state index in [-0.39, 0.29) is 29.7 Å². The van der Waals surface area contributed by atoms with Gasteiger partial charge in [-0.05, 0) is 74.2 Å². The van der Waals surface area contributed by atoms with E-state index in [2.05, 4.69) is 60.0 Å². The third-order valence-electron chi connectivity index (χ3n) is 6.40. The minimum Gasteiger partial charge on any atom is -0.494 e. The number of aliphatic hydroxyl groups is 1. The van der Waals surface area contributed by atoms with Crippen molar-refractivity contribution in [2.45, 2.75) is 72.5 Å². The van der Waals surface area contributed by atoms with Crippen LogP contribution in [0.1, 0.15) is 71.8 Å². The number of aromatic amines is 1. The standard InChI is InChI=1S/C25H38N6O3/c1-7-25(5,6)31-23(27-28-29-31)22(17(3)4)30(12-9-13-32)16-19-14-18-15-20(34-8-2)10-11-21(18)26-24(19)33/h10-11,14-15,17,22,32H,7-9,12-13,16H2,1-6H3,(H,26,33). The number of pyridine rings is 1. The van der Waals surface area contributed by atoms with Crippen LogP contribution in [0.5, 0.6) is 5.75 Å². The zero-order valence-electron chi connectivity index (χ0n) is 21.2. The molecule has 9 nitrogen and oxygen atoms in total. The predicted molar refractivity (Wildman–Crippen MR) is 133 cm³/mol. The summed E-state index contributed by atoms with van der Waals surface area (Å²) in [5, 5.41) is 23.2. The molecule has 9 heteroatoms. The lowest BCUT2D eigenvalue weighted by Gasteiger charge is -2.35. The molecule has 3 aromatic rings.